The molecule has 0 bridgehead atoms. The van der Waals surface area contributed by atoms with E-state index in [0.717, 1.165) is 49.2 Å². The van der Waals surface area contributed by atoms with Gasteiger partial charge in [-0.2, -0.15) is 0 Å². The average molecular weight is 260 g/mol. The smallest absolute Gasteiger partial charge is 0.143 e. The molecule has 2 aromatic heterocycles. The maximum atomic E-state index is 9.22. The van der Waals surface area contributed by atoms with Gasteiger partial charge in [0.15, 0.2) is 0 Å². The van der Waals surface area contributed by atoms with Gasteiger partial charge in [-0.3, -0.25) is 0 Å². The molecule has 0 radical (unpaired) electrons. The molecule has 0 aromatic carbocycles. The van der Waals surface area contributed by atoms with E-state index in [1.807, 2.05) is 6.20 Å². The van der Waals surface area contributed by atoms with Crippen LogP contribution in [0.5, 0.6) is 0 Å². The molecule has 2 N–H and O–H groups in total. The first kappa shape index (κ1) is 12.4. The van der Waals surface area contributed by atoms with E-state index in [0.29, 0.717) is 12.5 Å². The van der Waals surface area contributed by atoms with Crippen LogP contribution in [-0.2, 0) is 6.42 Å². The zero-order chi connectivity index (χ0) is 13.2. The van der Waals surface area contributed by atoms with Gasteiger partial charge in [0.2, 0.25) is 0 Å². The summed E-state index contributed by atoms with van der Waals surface area (Å²) in [5.41, 5.74) is 2.20. The first-order valence-electron chi connectivity index (χ1n) is 7.00. The van der Waals surface area contributed by atoms with E-state index < -0.39 is 0 Å². The zero-order valence-corrected chi connectivity index (χ0v) is 11.3. The van der Waals surface area contributed by atoms with Gasteiger partial charge in [0, 0.05) is 25.9 Å². The number of aliphatic hydroxyl groups excluding tert-OH is 1. The van der Waals surface area contributed by atoms with Gasteiger partial charge < -0.3 is 15.0 Å². The largest absolute Gasteiger partial charge is 0.396 e. The lowest BCUT2D eigenvalue weighted by atomic mass is 9.97. The molecule has 19 heavy (non-hydrogen) atoms. The molecule has 2 aromatic rings. The Kier molecular flexibility index (Phi) is 3.38. The molecular formula is C14H20N4O. The third-order valence-electron chi connectivity index (χ3n) is 4.08. The molecule has 1 fully saturated rings. The first-order chi connectivity index (χ1) is 9.33. The number of aromatic amines is 1. The minimum atomic E-state index is 0.303. The monoisotopic (exact) mass is 260 g/mol. The van der Waals surface area contributed by atoms with Crippen LogP contribution in [0.4, 0.5) is 5.82 Å². The molecule has 5 heteroatoms. The summed E-state index contributed by atoms with van der Waals surface area (Å²) in [5, 5.41) is 10.4. The Bertz CT molecular complexity index is 558. The summed E-state index contributed by atoms with van der Waals surface area (Å²) in [5.74, 6) is 1.49. The minimum Gasteiger partial charge on any atom is -0.396 e. The van der Waals surface area contributed by atoms with Crippen molar-refractivity contribution in [1.29, 1.82) is 0 Å². The molecule has 3 rings (SSSR count). The van der Waals surface area contributed by atoms with Crippen LogP contribution in [0.25, 0.3) is 11.0 Å². The number of hydrogen-bond donors (Lipinski definition) is 2. The van der Waals surface area contributed by atoms with Gasteiger partial charge >= 0.3 is 0 Å². The number of aliphatic hydroxyl groups is 1. The van der Waals surface area contributed by atoms with Gasteiger partial charge in [-0.05, 0) is 30.7 Å². The number of nitrogens with zero attached hydrogens (tertiary/aromatic N) is 3. The molecule has 0 unspecified atom stereocenters. The number of piperidine rings is 1. The molecule has 3 heterocycles. The van der Waals surface area contributed by atoms with E-state index in [4.69, 9.17) is 0 Å². The number of nitrogens with one attached hydrogen (secondary N) is 1. The zero-order valence-electron chi connectivity index (χ0n) is 11.3. The van der Waals surface area contributed by atoms with Crippen molar-refractivity contribution in [3.05, 3.63) is 18.1 Å². The molecular weight excluding hydrogens is 240 g/mol. The summed E-state index contributed by atoms with van der Waals surface area (Å²) >= 11 is 0. The number of anilines is 1. The van der Waals surface area contributed by atoms with Gasteiger partial charge in [0.05, 0.1) is 5.39 Å². The van der Waals surface area contributed by atoms with Crippen molar-refractivity contribution in [2.24, 2.45) is 5.92 Å². The second-order valence-corrected chi connectivity index (χ2v) is 5.20. The Morgan fingerprint density at radius 3 is 2.84 bits per heavy atom. The molecule has 0 atom stereocenters. The predicted molar refractivity (Wildman–Crippen MR) is 75.3 cm³/mol. The number of rotatable bonds is 3. The topological polar surface area (TPSA) is 65.0 Å². The van der Waals surface area contributed by atoms with Gasteiger partial charge in [-0.25, -0.2) is 9.97 Å². The number of fused-ring (bicyclic) bond motifs is 1. The van der Waals surface area contributed by atoms with Crippen LogP contribution >= 0.6 is 0 Å². The van der Waals surface area contributed by atoms with E-state index in [2.05, 4.69) is 26.8 Å². The molecule has 0 aliphatic carbocycles. The summed E-state index contributed by atoms with van der Waals surface area (Å²) < 4.78 is 0. The molecule has 1 aliphatic heterocycles. The normalized spacial score (nSPS) is 17.3. The van der Waals surface area contributed by atoms with Crippen LogP contribution in [0.2, 0.25) is 0 Å². The maximum Gasteiger partial charge on any atom is 0.143 e. The van der Waals surface area contributed by atoms with Gasteiger partial charge in [-0.15, -0.1) is 0 Å². The van der Waals surface area contributed by atoms with Crippen molar-refractivity contribution < 1.29 is 5.11 Å². The first-order valence-corrected chi connectivity index (χ1v) is 7.00. The molecule has 0 saturated carbocycles. The van der Waals surface area contributed by atoms with Crippen molar-refractivity contribution >= 4 is 16.9 Å². The van der Waals surface area contributed by atoms with Crippen LogP contribution in [0.1, 0.15) is 25.3 Å². The molecule has 1 aliphatic rings. The summed E-state index contributed by atoms with van der Waals surface area (Å²) in [6, 6.07) is 0. The summed E-state index contributed by atoms with van der Waals surface area (Å²) in [7, 11) is 0. The average Bonchev–Trinajstić information content (AvgIpc) is 2.90. The fourth-order valence-electron chi connectivity index (χ4n) is 2.86. The van der Waals surface area contributed by atoms with Crippen LogP contribution in [0, 0.1) is 5.92 Å². The third kappa shape index (κ3) is 2.18. The number of hydrogen-bond acceptors (Lipinski definition) is 4. The number of aromatic nitrogens is 3. The fourth-order valence-corrected chi connectivity index (χ4v) is 2.86. The Labute approximate surface area is 112 Å². The Morgan fingerprint density at radius 2 is 2.16 bits per heavy atom. The fraction of sp³-hybridized carbons (Fsp3) is 0.571. The van der Waals surface area contributed by atoms with Crippen molar-refractivity contribution in [3.8, 4) is 0 Å². The molecule has 0 spiro atoms. The van der Waals surface area contributed by atoms with Crippen LogP contribution in [-0.4, -0.2) is 39.8 Å². The minimum absolute atomic E-state index is 0.303. The predicted octanol–water partition coefficient (Wildman–Crippen LogP) is 1.73. The quantitative estimate of drug-likeness (QED) is 0.882. The van der Waals surface area contributed by atoms with Crippen LogP contribution in [0.3, 0.4) is 0 Å². The highest BCUT2D eigenvalue weighted by Crippen LogP contribution is 2.29. The highest BCUT2D eigenvalue weighted by atomic mass is 16.3. The number of H-pyrrole nitrogens is 1. The standard InChI is InChI=1S/C14H20N4O/c1-2-11-7-15-13-12(11)14(17-9-16-13)18-5-3-10(8-19)4-6-18/h7,9-10,19H,2-6,8H2,1H3,(H,15,16,17). The van der Waals surface area contributed by atoms with Crippen molar-refractivity contribution in [2.45, 2.75) is 26.2 Å². The third-order valence-corrected chi connectivity index (χ3v) is 4.08. The molecule has 0 amide bonds. The van der Waals surface area contributed by atoms with E-state index in [-0.39, 0.29) is 0 Å². The second-order valence-electron chi connectivity index (χ2n) is 5.20. The second kappa shape index (κ2) is 5.17. The summed E-state index contributed by atoms with van der Waals surface area (Å²) in [4.78, 5) is 14.3. The molecule has 5 nitrogen and oxygen atoms in total. The van der Waals surface area contributed by atoms with E-state index in [9.17, 15) is 5.11 Å². The van der Waals surface area contributed by atoms with E-state index in [1.54, 1.807) is 6.33 Å². The lowest BCUT2D eigenvalue weighted by Gasteiger charge is -2.32. The van der Waals surface area contributed by atoms with Crippen molar-refractivity contribution in [2.75, 3.05) is 24.6 Å². The highest BCUT2D eigenvalue weighted by Gasteiger charge is 2.22. The van der Waals surface area contributed by atoms with Gasteiger partial charge in [-0.1, -0.05) is 6.92 Å². The summed E-state index contributed by atoms with van der Waals surface area (Å²) in [6.07, 6.45) is 6.71. The van der Waals surface area contributed by atoms with Gasteiger partial charge in [0.1, 0.15) is 17.8 Å². The maximum absolute atomic E-state index is 9.22. The number of aryl methyl sites for hydroxylation is 1. The SMILES string of the molecule is CCc1c[nH]c2ncnc(N3CCC(CO)CC3)c12. The summed E-state index contributed by atoms with van der Waals surface area (Å²) in [6.45, 7) is 4.38. The van der Waals surface area contributed by atoms with E-state index >= 15 is 0 Å². The van der Waals surface area contributed by atoms with Gasteiger partial charge in [0.25, 0.3) is 0 Å². The van der Waals surface area contributed by atoms with Crippen molar-refractivity contribution in [3.63, 3.8) is 0 Å². The van der Waals surface area contributed by atoms with Crippen LogP contribution in [0.15, 0.2) is 12.5 Å². The molecule has 102 valence electrons. The van der Waals surface area contributed by atoms with E-state index in [1.165, 1.54) is 5.56 Å². The molecule has 1 saturated heterocycles. The Hall–Kier alpha value is -1.62. The van der Waals surface area contributed by atoms with Crippen molar-refractivity contribution in [1.82, 2.24) is 15.0 Å². The highest BCUT2D eigenvalue weighted by molar-refractivity contribution is 5.90. The van der Waals surface area contributed by atoms with Crippen LogP contribution < -0.4 is 4.90 Å². The lowest BCUT2D eigenvalue weighted by molar-refractivity contribution is 0.203. The lowest BCUT2D eigenvalue weighted by Crippen LogP contribution is -2.35. The Morgan fingerprint density at radius 1 is 1.37 bits per heavy atom. The Balaban J connectivity index is 1.94.